The second-order valence-corrected chi connectivity index (χ2v) is 3.07. The number of thiol groups is 1. The van der Waals surface area contributed by atoms with E-state index in [2.05, 4.69) is 19.6 Å². The second kappa shape index (κ2) is 4.18. The first-order valence-electron chi connectivity index (χ1n) is 3.45. The van der Waals surface area contributed by atoms with Crippen LogP contribution < -0.4 is 0 Å². The quantitative estimate of drug-likeness (QED) is 0.583. The minimum Gasteiger partial charge on any atom is -0.389 e. The predicted octanol–water partition coefficient (Wildman–Crippen LogP) is 1.86. The van der Waals surface area contributed by atoms with Crippen molar-refractivity contribution in [3.63, 3.8) is 0 Å². The summed E-state index contributed by atoms with van der Waals surface area (Å²) in [5.41, 5.74) is -0.543. The molecule has 0 radical (unpaired) electrons. The van der Waals surface area contributed by atoms with Crippen molar-refractivity contribution in [2.45, 2.75) is 38.7 Å². The smallest absolute Gasteiger partial charge is 0.0707 e. The van der Waals surface area contributed by atoms with Gasteiger partial charge in [-0.05, 0) is 13.3 Å². The summed E-state index contributed by atoms with van der Waals surface area (Å²) in [7, 11) is 0. The van der Waals surface area contributed by atoms with E-state index in [9.17, 15) is 5.11 Å². The lowest BCUT2D eigenvalue weighted by molar-refractivity contribution is 0.0740. The minimum atomic E-state index is -0.543. The zero-order valence-electron chi connectivity index (χ0n) is 6.22. The molecular formula is C7H16OS. The summed E-state index contributed by atoms with van der Waals surface area (Å²) in [5, 5.41) is 9.38. The summed E-state index contributed by atoms with van der Waals surface area (Å²) >= 11 is 4.02. The van der Waals surface area contributed by atoms with Crippen LogP contribution in [-0.2, 0) is 0 Å². The Hall–Kier alpha value is 0.310. The third-order valence-corrected chi connectivity index (χ3v) is 2.09. The lowest BCUT2D eigenvalue weighted by Gasteiger charge is -2.19. The van der Waals surface area contributed by atoms with Crippen LogP contribution in [0.3, 0.4) is 0 Å². The third kappa shape index (κ3) is 4.79. The van der Waals surface area contributed by atoms with E-state index in [0.717, 1.165) is 19.3 Å². The Morgan fingerprint density at radius 1 is 1.56 bits per heavy atom. The molecule has 9 heavy (non-hydrogen) atoms. The van der Waals surface area contributed by atoms with Crippen LogP contribution in [0.5, 0.6) is 0 Å². The highest BCUT2D eigenvalue weighted by molar-refractivity contribution is 7.80. The first-order valence-corrected chi connectivity index (χ1v) is 4.09. The molecule has 0 aromatic heterocycles. The van der Waals surface area contributed by atoms with Gasteiger partial charge in [-0.1, -0.05) is 19.8 Å². The van der Waals surface area contributed by atoms with Gasteiger partial charge in [-0.15, -0.1) is 0 Å². The molecule has 1 atom stereocenters. The second-order valence-electron chi connectivity index (χ2n) is 2.76. The Balaban J connectivity index is 3.33. The van der Waals surface area contributed by atoms with Crippen molar-refractivity contribution in [2.75, 3.05) is 5.75 Å². The predicted molar refractivity (Wildman–Crippen MR) is 44.0 cm³/mol. The first-order chi connectivity index (χ1) is 4.12. The van der Waals surface area contributed by atoms with Gasteiger partial charge in [0.25, 0.3) is 0 Å². The van der Waals surface area contributed by atoms with E-state index in [1.54, 1.807) is 0 Å². The minimum absolute atomic E-state index is 0.543. The Morgan fingerprint density at radius 2 is 2.11 bits per heavy atom. The summed E-state index contributed by atoms with van der Waals surface area (Å²) in [6.07, 6.45) is 3.10. The maximum atomic E-state index is 9.38. The van der Waals surface area contributed by atoms with E-state index in [4.69, 9.17) is 0 Å². The lowest BCUT2D eigenvalue weighted by Crippen LogP contribution is -2.25. The van der Waals surface area contributed by atoms with Crippen molar-refractivity contribution in [1.29, 1.82) is 0 Å². The molecular weight excluding hydrogens is 132 g/mol. The van der Waals surface area contributed by atoms with Gasteiger partial charge in [0.2, 0.25) is 0 Å². The molecule has 1 nitrogen and oxygen atoms in total. The molecule has 0 rings (SSSR count). The van der Waals surface area contributed by atoms with Crippen molar-refractivity contribution < 1.29 is 5.11 Å². The van der Waals surface area contributed by atoms with Crippen LogP contribution in [0.1, 0.15) is 33.1 Å². The SMILES string of the molecule is CCCCC(C)(O)CS. The maximum absolute atomic E-state index is 9.38. The molecule has 0 bridgehead atoms. The number of aliphatic hydroxyl groups is 1. The normalized spacial score (nSPS) is 17.3. The molecule has 56 valence electrons. The molecule has 1 N–H and O–H groups in total. The summed E-state index contributed by atoms with van der Waals surface area (Å²) in [4.78, 5) is 0. The Bertz CT molecular complexity index is 71.3. The fourth-order valence-corrected chi connectivity index (χ4v) is 0.795. The van der Waals surface area contributed by atoms with Gasteiger partial charge in [0.15, 0.2) is 0 Å². The molecule has 1 unspecified atom stereocenters. The Labute approximate surface area is 62.9 Å². The third-order valence-electron chi connectivity index (χ3n) is 1.41. The van der Waals surface area contributed by atoms with Gasteiger partial charge in [0.1, 0.15) is 0 Å². The van der Waals surface area contributed by atoms with Crippen LogP contribution in [0.2, 0.25) is 0 Å². The number of rotatable bonds is 4. The van der Waals surface area contributed by atoms with E-state index in [1.807, 2.05) is 6.92 Å². The molecule has 0 fully saturated rings. The summed E-state index contributed by atoms with van der Waals surface area (Å²) in [6.45, 7) is 3.95. The van der Waals surface area contributed by atoms with Crippen LogP contribution in [0.25, 0.3) is 0 Å². The van der Waals surface area contributed by atoms with Crippen LogP contribution in [0, 0.1) is 0 Å². The Morgan fingerprint density at radius 3 is 2.44 bits per heavy atom. The van der Waals surface area contributed by atoms with E-state index < -0.39 is 5.60 Å². The molecule has 0 aliphatic rings. The molecule has 0 saturated heterocycles. The largest absolute Gasteiger partial charge is 0.389 e. The van der Waals surface area contributed by atoms with E-state index in [1.165, 1.54) is 0 Å². The van der Waals surface area contributed by atoms with Crippen molar-refractivity contribution in [1.82, 2.24) is 0 Å². The highest BCUT2D eigenvalue weighted by Gasteiger charge is 2.15. The van der Waals surface area contributed by atoms with Crippen LogP contribution in [0.4, 0.5) is 0 Å². The standard InChI is InChI=1S/C7H16OS/c1-3-4-5-7(2,8)6-9/h8-9H,3-6H2,1-2H3. The van der Waals surface area contributed by atoms with Crippen molar-refractivity contribution in [3.05, 3.63) is 0 Å². The highest BCUT2D eigenvalue weighted by atomic mass is 32.1. The monoisotopic (exact) mass is 148 g/mol. The van der Waals surface area contributed by atoms with Gasteiger partial charge in [-0.3, -0.25) is 0 Å². The number of unbranched alkanes of at least 4 members (excludes halogenated alkanes) is 1. The van der Waals surface area contributed by atoms with E-state index in [0.29, 0.717) is 5.75 Å². The van der Waals surface area contributed by atoms with Crippen molar-refractivity contribution in [3.8, 4) is 0 Å². The van der Waals surface area contributed by atoms with Crippen LogP contribution in [0.15, 0.2) is 0 Å². The zero-order valence-corrected chi connectivity index (χ0v) is 7.12. The zero-order chi connectivity index (χ0) is 7.33. The van der Waals surface area contributed by atoms with E-state index >= 15 is 0 Å². The van der Waals surface area contributed by atoms with Gasteiger partial charge >= 0.3 is 0 Å². The maximum Gasteiger partial charge on any atom is 0.0707 e. The Kier molecular flexibility index (Phi) is 4.32. The van der Waals surface area contributed by atoms with Gasteiger partial charge < -0.3 is 5.11 Å². The summed E-state index contributed by atoms with van der Waals surface area (Å²) in [6, 6.07) is 0. The fraction of sp³-hybridized carbons (Fsp3) is 1.00. The molecule has 2 heteroatoms. The number of hydrogen-bond donors (Lipinski definition) is 2. The molecule has 0 saturated carbocycles. The van der Waals surface area contributed by atoms with Gasteiger partial charge in [0.05, 0.1) is 5.60 Å². The van der Waals surface area contributed by atoms with Gasteiger partial charge in [0, 0.05) is 5.75 Å². The molecule has 0 aliphatic heterocycles. The summed E-state index contributed by atoms with van der Waals surface area (Å²) < 4.78 is 0. The van der Waals surface area contributed by atoms with Crippen LogP contribution >= 0.6 is 12.6 Å². The lowest BCUT2D eigenvalue weighted by atomic mass is 10.0. The molecule has 0 aromatic carbocycles. The number of hydrogen-bond acceptors (Lipinski definition) is 2. The van der Waals surface area contributed by atoms with Crippen LogP contribution in [-0.4, -0.2) is 16.5 Å². The first kappa shape index (κ1) is 9.31. The van der Waals surface area contributed by atoms with Crippen molar-refractivity contribution >= 4 is 12.6 Å². The van der Waals surface area contributed by atoms with Gasteiger partial charge in [-0.2, -0.15) is 12.6 Å². The molecule has 0 spiro atoms. The molecule has 0 aromatic rings. The average molecular weight is 148 g/mol. The molecule has 0 amide bonds. The molecule has 0 aliphatic carbocycles. The van der Waals surface area contributed by atoms with E-state index in [-0.39, 0.29) is 0 Å². The molecule has 0 heterocycles. The highest BCUT2D eigenvalue weighted by Crippen LogP contribution is 2.14. The van der Waals surface area contributed by atoms with Crippen molar-refractivity contribution in [2.24, 2.45) is 0 Å². The van der Waals surface area contributed by atoms with Gasteiger partial charge in [-0.25, -0.2) is 0 Å². The summed E-state index contributed by atoms with van der Waals surface area (Å²) in [5.74, 6) is 0.562. The topological polar surface area (TPSA) is 20.2 Å². The fourth-order valence-electron chi connectivity index (χ4n) is 0.637. The average Bonchev–Trinajstić information content (AvgIpc) is 1.84.